The number of anilines is 1. The third-order valence-corrected chi connectivity index (χ3v) is 5.42. The molecule has 1 unspecified atom stereocenters. The summed E-state index contributed by atoms with van der Waals surface area (Å²) in [4.78, 5) is 17.8. The van der Waals surface area contributed by atoms with Crippen molar-refractivity contribution >= 4 is 39.0 Å². The Morgan fingerprint density at radius 2 is 1.86 bits per heavy atom. The van der Waals surface area contributed by atoms with Crippen molar-refractivity contribution in [1.29, 1.82) is 5.41 Å². The van der Waals surface area contributed by atoms with Crippen LogP contribution < -0.4 is 15.8 Å². The molecule has 0 saturated heterocycles. The molecule has 4 aromatic rings. The highest BCUT2D eigenvalue weighted by Crippen LogP contribution is 2.35. The minimum atomic E-state index is -0.871. The van der Waals surface area contributed by atoms with Crippen molar-refractivity contribution in [3.8, 4) is 5.75 Å². The number of amidine groups is 1. The molecule has 0 saturated carbocycles. The second-order valence-corrected chi connectivity index (χ2v) is 7.39. The van der Waals surface area contributed by atoms with Crippen molar-refractivity contribution in [3.05, 3.63) is 89.4 Å². The number of hydrogen-bond donors (Lipinski definition) is 3. The number of carbonyl (C=O) groups excluding carboxylic acids is 1. The Labute approximate surface area is 171 Å². The number of nitrogen functional groups attached to an aromatic ring is 1. The molecule has 29 heavy (non-hydrogen) atoms. The van der Waals surface area contributed by atoms with E-state index in [1.165, 1.54) is 11.3 Å². The van der Waals surface area contributed by atoms with Crippen LogP contribution in [-0.2, 0) is 4.79 Å². The van der Waals surface area contributed by atoms with Gasteiger partial charge in [-0.1, -0.05) is 42.5 Å². The topological polar surface area (TPSA) is 101 Å². The van der Waals surface area contributed by atoms with Crippen LogP contribution in [0.2, 0.25) is 0 Å². The molecule has 2 aromatic heterocycles. The zero-order valence-corrected chi connectivity index (χ0v) is 16.1. The number of thiophene rings is 1. The minimum Gasteiger partial charge on any atom is -0.475 e. The third-order valence-electron chi connectivity index (χ3n) is 4.29. The molecule has 0 bridgehead atoms. The first-order valence-corrected chi connectivity index (χ1v) is 9.74. The van der Waals surface area contributed by atoms with Gasteiger partial charge in [0.1, 0.15) is 17.4 Å². The number of nitrogens with zero attached hydrogens (tertiary/aromatic N) is 1. The average Bonchev–Trinajstić information content (AvgIpc) is 3.19. The number of ether oxygens (including phenoxy) is 1. The van der Waals surface area contributed by atoms with E-state index in [0.29, 0.717) is 16.4 Å². The quantitative estimate of drug-likeness (QED) is 0.330. The van der Waals surface area contributed by atoms with Gasteiger partial charge in [-0.15, -0.1) is 11.3 Å². The van der Waals surface area contributed by atoms with Crippen molar-refractivity contribution in [2.24, 2.45) is 5.73 Å². The molecule has 0 fully saturated rings. The Bertz CT molecular complexity index is 1160. The van der Waals surface area contributed by atoms with Gasteiger partial charge >= 0.3 is 0 Å². The fourth-order valence-electron chi connectivity index (χ4n) is 2.93. The molecule has 7 heteroatoms. The van der Waals surface area contributed by atoms with Gasteiger partial charge in [-0.2, -0.15) is 0 Å². The summed E-state index contributed by atoms with van der Waals surface area (Å²) in [5.41, 5.74) is 6.36. The molecule has 0 aliphatic rings. The van der Waals surface area contributed by atoms with Crippen LogP contribution >= 0.6 is 11.3 Å². The fraction of sp³-hybridized carbons (Fsp3) is 0.0455. The molecule has 1 atom stereocenters. The second kappa shape index (κ2) is 8.12. The monoisotopic (exact) mass is 402 g/mol. The Morgan fingerprint density at radius 1 is 1.07 bits per heavy atom. The standard InChI is InChI=1S/C22H18N4O2S/c23-21(24)18-13-15-16(9-6-10-17(15)29-18)28-20(14-7-2-1-3-8-14)22(27)26-19-11-4-5-12-25-19/h1-13,20H,(H3,23,24)(H,25,26,27). The van der Waals surface area contributed by atoms with Crippen molar-refractivity contribution in [1.82, 2.24) is 4.98 Å². The highest BCUT2D eigenvalue weighted by Gasteiger charge is 2.24. The summed E-state index contributed by atoms with van der Waals surface area (Å²) < 4.78 is 7.13. The largest absolute Gasteiger partial charge is 0.475 e. The third kappa shape index (κ3) is 4.09. The second-order valence-electron chi connectivity index (χ2n) is 6.31. The number of aromatic nitrogens is 1. The van der Waals surface area contributed by atoms with E-state index in [9.17, 15) is 4.79 Å². The van der Waals surface area contributed by atoms with E-state index in [1.54, 1.807) is 24.4 Å². The number of fused-ring (bicyclic) bond motifs is 1. The van der Waals surface area contributed by atoms with E-state index in [1.807, 2.05) is 54.6 Å². The molecule has 0 spiro atoms. The maximum Gasteiger partial charge on any atom is 0.271 e. The zero-order valence-electron chi connectivity index (χ0n) is 15.3. The van der Waals surface area contributed by atoms with E-state index in [0.717, 1.165) is 15.6 Å². The lowest BCUT2D eigenvalue weighted by molar-refractivity contribution is -0.123. The Morgan fingerprint density at radius 3 is 2.59 bits per heavy atom. The summed E-state index contributed by atoms with van der Waals surface area (Å²) in [5, 5.41) is 11.3. The number of carbonyl (C=O) groups is 1. The van der Waals surface area contributed by atoms with E-state index in [4.69, 9.17) is 15.9 Å². The van der Waals surface area contributed by atoms with Crippen LogP contribution in [0.25, 0.3) is 10.1 Å². The van der Waals surface area contributed by atoms with Crippen molar-refractivity contribution < 1.29 is 9.53 Å². The van der Waals surface area contributed by atoms with E-state index in [-0.39, 0.29) is 11.7 Å². The molecular formula is C22H18N4O2S. The summed E-state index contributed by atoms with van der Waals surface area (Å²) in [6, 6.07) is 22.0. The molecule has 4 N–H and O–H groups in total. The molecule has 144 valence electrons. The number of nitrogens with two attached hydrogens (primary N) is 1. The Kier molecular flexibility index (Phi) is 5.22. The summed E-state index contributed by atoms with van der Waals surface area (Å²) >= 11 is 1.41. The van der Waals surface area contributed by atoms with Gasteiger partial charge in [0, 0.05) is 21.8 Å². The SMILES string of the molecule is N=C(N)c1cc2c(OC(C(=O)Nc3ccccn3)c3ccccc3)cccc2s1. The van der Waals surface area contributed by atoms with E-state index >= 15 is 0 Å². The van der Waals surface area contributed by atoms with Crippen LogP contribution in [0.5, 0.6) is 5.75 Å². The normalized spacial score (nSPS) is 11.7. The van der Waals surface area contributed by atoms with Crippen LogP contribution in [0.15, 0.2) is 79.0 Å². The Hall–Kier alpha value is -3.71. The van der Waals surface area contributed by atoms with Crippen LogP contribution in [-0.4, -0.2) is 16.7 Å². The van der Waals surface area contributed by atoms with Gasteiger partial charge in [0.05, 0.1) is 4.88 Å². The number of pyridine rings is 1. The molecular weight excluding hydrogens is 384 g/mol. The summed E-state index contributed by atoms with van der Waals surface area (Å²) in [7, 11) is 0. The van der Waals surface area contributed by atoms with Gasteiger partial charge in [-0.05, 0) is 30.3 Å². The van der Waals surface area contributed by atoms with Crippen LogP contribution in [0, 0.1) is 5.41 Å². The van der Waals surface area contributed by atoms with Gasteiger partial charge < -0.3 is 15.8 Å². The Balaban J connectivity index is 1.70. The summed E-state index contributed by atoms with van der Waals surface area (Å²) in [6.07, 6.45) is 0.744. The predicted octanol–water partition coefficient (Wildman–Crippen LogP) is 4.34. The molecule has 2 heterocycles. The highest BCUT2D eigenvalue weighted by molar-refractivity contribution is 7.20. The minimum absolute atomic E-state index is 0.00431. The summed E-state index contributed by atoms with van der Waals surface area (Å²) in [5.74, 6) is 0.685. The number of hydrogen-bond acceptors (Lipinski definition) is 5. The number of amides is 1. The van der Waals surface area contributed by atoms with Gasteiger partial charge in [-0.25, -0.2) is 4.98 Å². The average molecular weight is 402 g/mol. The fourth-order valence-corrected chi connectivity index (χ4v) is 3.87. The van der Waals surface area contributed by atoms with Crippen molar-refractivity contribution in [2.75, 3.05) is 5.32 Å². The van der Waals surface area contributed by atoms with Crippen molar-refractivity contribution in [2.45, 2.75) is 6.10 Å². The molecule has 1 amide bonds. The predicted molar refractivity (Wildman–Crippen MR) is 116 cm³/mol. The molecule has 4 rings (SSSR count). The maximum absolute atomic E-state index is 13.0. The van der Waals surface area contributed by atoms with E-state index < -0.39 is 6.10 Å². The smallest absolute Gasteiger partial charge is 0.271 e. The molecule has 6 nitrogen and oxygen atoms in total. The first kappa shape index (κ1) is 18.6. The lowest BCUT2D eigenvalue weighted by Crippen LogP contribution is -2.26. The van der Waals surface area contributed by atoms with E-state index in [2.05, 4.69) is 10.3 Å². The van der Waals surface area contributed by atoms with Gasteiger partial charge in [0.25, 0.3) is 5.91 Å². The maximum atomic E-state index is 13.0. The highest BCUT2D eigenvalue weighted by atomic mass is 32.1. The van der Waals surface area contributed by atoms with Gasteiger partial charge in [0.15, 0.2) is 0 Å². The van der Waals surface area contributed by atoms with Crippen LogP contribution in [0.4, 0.5) is 5.82 Å². The van der Waals surface area contributed by atoms with Crippen molar-refractivity contribution in [3.63, 3.8) is 0 Å². The first-order valence-electron chi connectivity index (χ1n) is 8.92. The number of benzene rings is 2. The molecule has 0 aliphatic heterocycles. The summed E-state index contributed by atoms with van der Waals surface area (Å²) in [6.45, 7) is 0. The van der Waals surface area contributed by atoms with Gasteiger partial charge in [-0.3, -0.25) is 10.2 Å². The number of nitrogens with one attached hydrogen (secondary N) is 2. The van der Waals surface area contributed by atoms with Crippen LogP contribution in [0.3, 0.4) is 0 Å². The number of rotatable bonds is 6. The zero-order chi connectivity index (χ0) is 20.2. The molecule has 0 radical (unpaired) electrons. The van der Waals surface area contributed by atoms with Crippen LogP contribution in [0.1, 0.15) is 16.5 Å². The lowest BCUT2D eigenvalue weighted by atomic mass is 10.1. The van der Waals surface area contributed by atoms with Gasteiger partial charge in [0.2, 0.25) is 6.10 Å². The molecule has 0 aliphatic carbocycles. The first-order chi connectivity index (χ1) is 14.1. The molecule has 2 aromatic carbocycles. The lowest BCUT2D eigenvalue weighted by Gasteiger charge is -2.19.